The number of sulfone groups is 1. The van der Waals surface area contributed by atoms with Crippen LogP contribution in [0.1, 0.15) is 17.3 Å². The van der Waals surface area contributed by atoms with Crippen molar-refractivity contribution < 1.29 is 26.4 Å². The van der Waals surface area contributed by atoms with Crippen LogP contribution in [0.5, 0.6) is 0 Å². The summed E-state index contributed by atoms with van der Waals surface area (Å²) in [7, 11) is -3.61. The van der Waals surface area contributed by atoms with Crippen molar-refractivity contribution in [3.63, 3.8) is 0 Å². The zero-order chi connectivity index (χ0) is 17.2. The fourth-order valence-electron chi connectivity index (χ4n) is 1.81. The molecule has 1 amide bonds. The predicted octanol–water partition coefficient (Wildman–Crippen LogP) is 3.15. The molecule has 0 heterocycles. The van der Waals surface area contributed by atoms with E-state index in [1.165, 1.54) is 6.92 Å². The molecule has 0 atom stereocenters. The molecule has 0 aliphatic carbocycles. The standard InChI is InChI=1S/C15H12F3NO3S/c1-2-23(21,22)10-4-6-12(16)11(8-10)15(20)19-9-3-5-13(17)14(18)7-9/h3-8H,2H2,1H3,(H,19,20). The predicted molar refractivity (Wildman–Crippen MR) is 78.4 cm³/mol. The molecule has 0 aliphatic heterocycles. The number of amides is 1. The van der Waals surface area contributed by atoms with Gasteiger partial charge in [-0.1, -0.05) is 6.92 Å². The van der Waals surface area contributed by atoms with Crippen molar-refractivity contribution >= 4 is 21.4 Å². The number of carbonyl (C=O) groups excluding carboxylic acids is 1. The Labute approximate surface area is 130 Å². The number of nitrogens with one attached hydrogen (secondary N) is 1. The average molecular weight is 343 g/mol. The number of hydrogen-bond acceptors (Lipinski definition) is 3. The fourth-order valence-corrected chi connectivity index (χ4v) is 2.72. The van der Waals surface area contributed by atoms with Gasteiger partial charge in [-0.15, -0.1) is 0 Å². The van der Waals surface area contributed by atoms with Crippen molar-refractivity contribution in [3.05, 3.63) is 59.4 Å². The second-order valence-corrected chi connectivity index (χ2v) is 6.91. The lowest BCUT2D eigenvalue weighted by atomic mass is 10.2. The van der Waals surface area contributed by atoms with E-state index in [-0.39, 0.29) is 16.3 Å². The molecular weight excluding hydrogens is 331 g/mol. The first-order valence-electron chi connectivity index (χ1n) is 6.53. The number of rotatable bonds is 4. The van der Waals surface area contributed by atoms with Gasteiger partial charge < -0.3 is 5.32 Å². The number of hydrogen-bond donors (Lipinski definition) is 1. The van der Waals surface area contributed by atoms with Crippen molar-refractivity contribution in [1.29, 1.82) is 0 Å². The largest absolute Gasteiger partial charge is 0.322 e. The zero-order valence-corrected chi connectivity index (χ0v) is 12.8. The van der Waals surface area contributed by atoms with Crippen LogP contribution in [0.2, 0.25) is 0 Å². The first-order chi connectivity index (χ1) is 10.7. The van der Waals surface area contributed by atoms with Crippen LogP contribution in [0.15, 0.2) is 41.3 Å². The maximum Gasteiger partial charge on any atom is 0.258 e. The fraction of sp³-hybridized carbons (Fsp3) is 0.133. The quantitative estimate of drug-likeness (QED) is 0.868. The molecule has 4 nitrogen and oxygen atoms in total. The van der Waals surface area contributed by atoms with E-state index in [1.807, 2.05) is 0 Å². The molecule has 23 heavy (non-hydrogen) atoms. The summed E-state index contributed by atoms with van der Waals surface area (Å²) in [5.41, 5.74) is -0.596. The van der Waals surface area contributed by atoms with E-state index < -0.39 is 38.8 Å². The monoisotopic (exact) mass is 343 g/mol. The van der Waals surface area contributed by atoms with Crippen LogP contribution in [0.3, 0.4) is 0 Å². The Morgan fingerprint density at radius 1 is 1.00 bits per heavy atom. The van der Waals surface area contributed by atoms with E-state index in [4.69, 9.17) is 0 Å². The van der Waals surface area contributed by atoms with Crippen LogP contribution in [0, 0.1) is 17.5 Å². The molecule has 0 aromatic heterocycles. The van der Waals surface area contributed by atoms with Crippen molar-refractivity contribution in [3.8, 4) is 0 Å². The molecule has 2 aromatic carbocycles. The number of carbonyl (C=O) groups is 1. The molecule has 0 fully saturated rings. The molecule has 0 spiro atoms. The highest BCUT2D eigenvalue weighted by Crippen LogP contribution is 2.19. The van der Waals surface area contributed by atoms with E-state index in [2.05, 4.69) is 5.32 Å². The molecule has 0 unspecified atom stereocenters. The molecule has 8 heteroatoms. The lowest BCUT2D eigenvalue weighted by molar-refractivity contribution is 0.102. The summed E-state index contributed by atoms with van der Waals surface area (Å²) in [4.78, 5) is 11.8. The van der Waals surface area contributed by atoms with Crippen LogP contribution in [0.4, 0.5) is 18.9 Å². The van der Waals surface area contributed by atoms with E-state index in [9.17, 15) is 26.4 Å². The highest BCUT2D eigenvalue weighted by Gasteiger charge is 2.18. The molecule has 2 rings (SSSR count). The van der Waals surface area contributed by atoms with Gasteiger partial charge in [-0.2, -0.15) is 0 Å². The van der Waals surface area contributed by atoms with Gasteiger partial charge in [0.05, 0.1) is 16.2 Å². The number of benzene rings is 2. The minimum absolute atomic E-state index is 0.0861. The van der Waals surface area contributed by atoms with Crippen LogP contribution < -0.4 is 5.32 Å². The summed E-state index contributed by atoms with van der Waals surface area (Å²) in [5, 5.41) is 2.18. The van der Waals surface area contributed by atoms with Crippen molar-refractivity contribution in [2.24, 2.45) is 0 Å². The molecule has 1 N–H and O–H groups in total. The van der Waals surface area contributed by atoms with Gasteiger partial charge in [-0.3, -0.25) is 4.79 Å². The molecule has 0 saturated carbocycles. The van der Waals surface area contributed by atoms with E-state index in [1.54, 1.807) is 0 Å². The molecule has 0 aliphatic rings. The molecule has 2 aromatic rings. The average Bonchev–Trinajstić information content (AvgIpc) is 2.51. The Kier molecular flexibility index (Phi) is 4.74. The van der Waals surface area contributed by atoms with Crippen molar-refractivity contribution in [2.45, 2.75) is 11.8 Å². The maximum atomic E-state index is 13.8. The minimum Gasteiger partial charge on any atom is -0.322 e. The number of anilines is 1. The van der Waals surface area contributed by atoms with Crippen LogP contribution >= 0.6 is 0 Å². The van der Waals surface area contributed by atoms with Gasteiger partial charge in [-0.05, 0) is 30.3 Å². The Balaban J connectivity index is 2.35. The molecular formula is C15H12F3NO3S. The summed E-state index contributed by atoms with van der Waals surface area (Å²) in [5.74, 6) is -4.37. The van der Waals surface area contributed by atoms with Gasteiger partial charge in [0.1, 0.15) is 5.82 Å². The molecule has 0 radical (unpaired) electrons. The summed E-state index contributed by atoms with van der Waals surface area (Å²) in [6.45, 7) is 1.42. The van der Waals surface area contributed by atoms with Crippen molar-refractivity contribution in [1.82, 2.24) is 0 Å². The summed E-state index contributed by atoms with van der Waals surface area (Å²) < 4.78 is 63.3. The van der Waals surface area contributed by atoms with Crippen LogP contribution in [-0.4, -0.2) is 20.1 Å². The molecule has 0 bridgehead atoms. The van der Waals surface area contributed by atoms with Gasteiger partial charge in [0, 0.05) is 11.8 Å². The molecule has 122 valence electrons. The van der Waals surface area contributed by atoms with Crippen molar-refractivity contribution in [2.75, 3.05) is 11.1 Å². The van der Waals surface area contributed by atoms with Gasteiger partial charge >= 0.3 is 0 Å². The second kappa shape index (κ2) is 6.41. The minimum atomic E-state index is -3.61. The third-order valence-electron chi connectivity index (χ3n) is 3.10. The first kappa shape index (κ1) is 17.0. The summed E-state index contributed by atoms with van der Waals surface area (Å²) in [6, 6.07) is 5.46. The number of halogens is 3. The second-order valence-electron chi connectivity index (χ2n) is 4.63. The van der Waals surface area contributed by atoms with Gasteiger partial charge in [0.25, 0.3) is 5.91 Å². The third kappa shape index (κ3) is 3.70. The zero-order valence-electron chi connectivity index (χ0n) is 11.9. The van der Waals surface area contributed by atoms with E-state index in [0.717, 1.165) is 36.4 Å². The SMILES string of the molecule is CCS(=O)(=O)c1ccc(F)c(C(=O)Nc2ccc(F)c(F)c2)c1. The Hall–Kier alpha value is -2.35. The highest BCUT2D eigenvalue weighted by molar-refractivity contribution is 7.91. The third-order valence-corrected chi connectivity index (χ3v) is 4.83. The normalized spacial score (nSPS) is 11.3. The lowest BCUT2D eigenvalue weighted by Crippen LogP contribution is -2.15. The Morgan fingerprint density at radius 3 is 2.26 bits per heavy atom. The maximum absolute atomic E-state index is 13.8. The smallest absolute Gasteiger partial charge is 0.258 e. The lowest BCUT2D eigenvalue weighted by Gasteiger charge is -2.08. The highest BCUT2D eigenvalue weighted by atomic mass is 32.2. The topological polar surface area (TPSA) is 63.2 Å². The first-order valence-corrected chi connectivity index (χ1v) is 8.18. The summed E-state index contributed by atoms with van der Waals surface area (Å²) >= 11 is 0. The Bertz CT molecular complexity index is 866. The summed E-state index contributed by atoms with van der Waals surface area (Å²) in [6.07, 6.45) is 0. The van der Waals surface area contributed by atoms with Gasteiger partial charge in [0.15, 0.2) is 21.5 Å². The van der Waals surface area contributed by atoms with Crippen LogP contribution in [-0.2, 0) is 9.84 Å². The van der Waals surface area contributed by atoms with Gasteiger partial charge in [0.2, 0.25) is 0 Å². The molecule has 0 saturated heterocycles. The van der Waals surface area contributed by atoms with E-state index in [0.29, 0.717) is 0 Å². The van der Waals surface area contributed by atoms with E-state index >= 15 is 0 Å². The van der Waals surface area contributed by atoms with Crippen LogP contribution in [0.25, 0.3) is 0 Å². The van der Waals surface area contributed by atoms with Gasteiger partial charge in [-0.25, -0.2) is 21.6 Å². The Morgan fingerprint density at radius 2 is 1.65 bits per heavy atom.